The largest absolute Gasteiger partial charge is 0.351 e. The Bertz CT molecular complexity index is 468. The number of likely N-dealkylation sites (N-methyl/N-ethyl adjacent to an activating group) is 1. The van der Waals surface area contributed by atoms with Gasteiger partial charge in [-0.15, -0.1) is 0 Å². The van der Waals surface area contributed by atoms with Crippen LogP contribution in [0, 0.1) is 0 Å². The Morgan fingerprint density at radius 1 is 1.26 bits per heavy atom. The van der Waals surface area contributed by atoms with Crippen LogP contribution in [0.15, 0.2) is 36.4 Å². The number of hydrogen-bond acceptors (Lipinski definition) is 4. The molecule has 106 valence electrons. The summed E-state index contributed by atoms with van der Waals surface area (Å²) < 4.78 is 22.5. The Morgan fingerprint density at radius 3 is 2.21 bits per heavy atom. The van der Waals surface area contributed by atoms with Crippen LogP contribution >= 0.6 is 19.2 Å². The molecule has 0 saturated carbocycles. The highest BCUT2D eigenvalue weighted by Gasteiger charge is 2.34. The van der Waals surface area contributed by atoms with Crippen LogP contribution in [0.4, 0.5) is 0 Å². The number of benzene rings is 1. The highest BCUT2D eigenvalue weighted by molar-refractivity contribution is 7.54. The molecule has 0 aliphatic heterocycles. The molecule has 0 amide bonds. The molecule has 6 heteroatoms. The van der Waals surface area contributed by atoms with Crippen molar-refractivity contribution in [1.82, 2.24) is 4.90 Å². The van der Waals surface area contributed by atoms with Crippen molar-refractivity contribution in [2.24, 2.45) is 0 Å². The van der Waals surface area contributed by atoms with Crippen molar-refractivity contribution in [1.29, 1.82) is 0 Å². The molecule has 0 bridgehead atoms. The lowest BCUT2D eigenvalue weighted by Crippen LogP contribution is -2.27. The molecule has 0 heterocycles. The second-order valence-electron chi connectivity index (χ2n) is 4.16. The first kappa shape index (κ1) is 16.4. The van der Waals surface area contributed by atoms with Gasteiger partial charge in [-0.1, -0.05) is 41.9 Å². The van der Waals surface area contributed by atoms with Crippen LogP contribution in [0.5, 0.6) is 0 Å². The molecule has 0 aliphatic rings. The van der Waals surface area contributed by atoms with Gasteiger partial charge in [0.15, 0.2) is 0 Å². The summed E-state index contributed by atoms with van der Waals surface area (Å²) in [5.74, 6) is -0.546. The molecule has 4 nitrogen and oxygen atoms in total. The maximum atomic E-state index is 12.5. The fourth-order valence-electron chi connectivity index (χ4n) is 1.64. The molecular weight excluding hydrogens is 285 g/mol. The highest BCUT2D eigenvalue weighted by Crippen LogP contribution is 2.53. The van der Waals surface area contributed by atoms with E-state index in [0.717, 1.165) is 5.56 Å². The molecule has 0 spiro atoms. The van der Waals surface area contributed by atoms with E-state index in [0.29, 0.717) is 5.03 Å². The Kier molecular flexibility index (Phi) is 6.24. The van der Waals surface area contributed by atoms with Gasteiger partial charge in [-0.3, -0.25) is 9.46 Å². The quantitative estimate of drug-likeness (QED) is 0.752. The molecule has 0 saturated heterocycles. The minimum absolute atomic E-state index is 0.508. The lowest BCUT2D eigenvalue weighted by molar-refractivity contribution is 0.242. The summed E-state index contributed by atoms with van der Waals surface area (Å²) >= 11 is 6.27. The first-order chi connectivity index (χ1) is 8.94. The van der Waals surface area contributed by atoms with E-state index in [4.69, 9.17) is 20.6 Å². The van der Waals surface area contributed by atoms with Crippen molar-refractivity contribution in [3.8, 4) is 0 Å². The normalized spacial score (nSPS) is 14.7. The Labute approximate surface area is 119 Å². The molecule has 0 aliphatic carbocycles. The predicted octanol–water partition coefficient (Wildman–Crippen LogP) is 3.64. The van der Waals surface area contributed by atoms with Crippen molar-refractivity contribution in [2.75, 3.05) is 28.3 Å². The topological polar surface area (TPSA) is 38.8 Å². The molecule has 0 radical (unpaired) electrons. The van der Waals surface area contributed by atoms with E-state index >= 15 is 0 Å². The molecule has 1 atom stereocenters. The monoisotopic (exact) mass is 303 g/mol. The van der Waals surface area contributed by atoms with Gasteiger partial charge in [0.05, 0.1) is 0 Å². The summed E-state index contributed by atoms with van der Waals surface area (Å²) in [4.78, 5) is 1.75. The van der Waals surface area contributed by atoms with Crippen molar-refractivity contribution < 1.29 is 13.6 Å². The zero-order valence-corrected chi connectivity index (χ0v) is 13.2. The Hall–Kier alpha value is -0.640. The Morgan fingerprint density at radius 2 is 1.79 bits per heavy atom. The van der Waals surface area contributed by atoms with Gasteiger partial charge >= 0.3 is 7.60 Å². The summed E-state index contributed by atoms with van der Waals surface area (Å²) in [5.41, 5.74) is 0.856. The van der Waals surface area contributed by atoms with Gasteiger partial charge in [-0.25, -0.2) is 0 Å². The molecule has 1 rings (SSSR count). The number of hydrogen-bond donors (Lipinski definition) is 0. The van der Waals surface area contributed by atoms with E-state index in [2.05, 4.69) is 0 Å². The molecule has 0 fully saturated rings. The summed E-state index contributed by atoms with van der Waals surface area (Å²) in [5, 5.41) is 0.508. The van der Waals surface area contributed by atoms with Crippen molar-refractivity contribution in [3.05, 3.63) is 42.0 Å². The number of rotatable bonds is 6. The van der Waals surface area contributed by atoms with Gasteiger partial charge in [-0.2, -0.15) is 0 Å². The fraction of sp³-hybridized carbons (Fsp3) is 0.385. The third kappa shape index (κ3) is 4.16. The van der Waals surface area contributed by atoms with E-state index in [9.17, 15) is 4.57 Å². The van der Waals surface area contributed by atoms with Gasteiger partial charge in [0, 0.05) is 19.3 Å². The summed E-state index contributed by atoms with van der Waals surface area (Å²) in [6.07, 6.45) is 1.69. The Balaban J connectivity index is 3.12. The van der Waals surface area contributed by atoms with E-state index in [-0.39, 0.29) is 0 Å². The van der Waals surface area contributed by atoms with Crippen molar-refractivity contribution in [2.45, 2.75) is 5.78 Å². The van der Waals surface area contributed by atoms with Crippen LogP contribution in [-0.2, 0) is 13.6 Å². The van der Waals surface area contributed by atoms with Crippen LogP contribution in [0.25, 0.3) is 5.03 Å². The third-order valence-electron chi connectivity index (χ3n) is 2.71. The summed E-state index contributed by atoms with van der Waals surface area (Å²) in [6, 6.07) is 9.46. The summed E-state index contributed by atoms with van der Waals surface area (Å²) in [7, 11) is 3.06. The second-order valence-corrected chi connectivity index (χ2v) is 6.91. The average molecular weight is 304 g/mol. The molecule has 19 heavy (non-hydrogen) atoms. The standard InChI is InChI=1S/C13H19ClNO3P/c1-15(2)13(19(16,17-3)18-4)10-12(14)11-8-6-5-7-9-11/h5-10,13H,1-4H3/b12-10+/t13-/m1/s1. The maximum Gasteiger partial charge on any atom is 0.351 e. The number of halogens is 1. The lowest BCUT2D eigenvalue weighted by Gasteiger charge is -2.27. The van der Waals surface area contributed by atoms with Gasteiger partial charge < -0.3 is 9.05 Å². The van der Waals surface area contributed by atoms with Crippen LogP contribution in [0.3, 0.4) is 0 Å². The molecule has 0 unspecified atom stereocenters. The van der Waals surface area contributed by atoms with Crippen LogP contribution < -0.4 is 0 Å². The fourth-order valence-corrected chi connectivity index (χ4v) is 3.45. The second kappa shape index (κ2) is 7.22. The highest BCUT2D eigenvalue weighted by atomic mass is 35.5. The lowest BCUT2D eigenvalue weighted by atomic mass is 10.2. The summed E-state index contributed by atoms with van der Waals surface area (Å²) in [6.45, 7) is 0. The molecule has 0 N–H and O–H groups in total. The van der Waals surface area contributed by atoms with Crippen LogP contribution in [-0.4, -0.2) is 39.0 Å². The molecule has 1 aromatic carbocycles. The van der Waals surface area contributed by atoms with Crippen molar-refractivity contribution >= 4 is 24.2 Å². The SMILES string of the molecule is COP(=O)(OC)[C@H](/C=C(/Cl)c1ccccc1)N(C)C. The van der Waals surface area contributed by atoms with E-state index < -0.39 is 13.4 Å². The van der Waals surface area contributed by atoms with Crippen molar-refractivity contribution in [3.63, 3.8) is 0 Å². The number of nitrogens with zero attached hydrogens (tertiary/aromatic N) is 1. The van der Waals surface area contributed by atoms with Crippen LogP contribution in [0.1, 0.15) is 5.56 Å². The molecular formula is C13H19ClNO3P. The smallest absolute Gasteiger partial charge is 0.311 e. The zero-order valence-electron chi connectivity index (χ0n) is 11.5. The van der Waals surface area contributed by atoms with E-state index in [1.165, 1.54) is 14.2 Å². The van der Waals surface area contributed by atoms with Gasteiger partial charge in [0.1, 0.15) is 5.78 Å². The first-order valence-corrected chi connectivity index (χ1v) is 7.74. The maximum absolute atomic E-state index is 12.5. The minimum atomic E-state index is -3.26. The van der Waals surface area contributed by atoms with E-state index in [1.807, 2.05) is 30.3 Å². The molecule has 1 aromatic rings. The first-order valence-electron chi connectivity index (χ1n) is 5.75. The van der Waals surface area contributed by atoms with Gasteiger partial charge in [-0.05, 0) is 25.7 Å². The predicted molar refractivity (Wildman–Crippen MR) is 79.4 cm³/mol. The third-order valence-corrected chi connectivity index (χ3v) is 5.33. The van der Waals surface area contributed by atoms with E-state index in [1.54, 1.807) is 25.1 Å². The minimum Gasteiger partial charge on any atom is -0.311 e. The van der Waals surface area contributed by atoms with Gasteiger partial charge in [0.2, 0.25) is 0 Å². The van der Waals surface area contributed by atoms with Crippen LogP contribution in [0.2, 0.25) is 0 Å². The zero-order chi connectivity index (χ0) is 14.5. The molecule has 0 aromatic heterocycles. The van der Waals surface area contributed by atoms with Gasteiger partial charge in [0.25, 0.3) is 0 Å². The average Bonchev–Trinajstić information content (AvgIpc) is 2.44.